The Kier molecular flexibility index (Phi) is 4.23. The van der Waals surface area contributed by atoms with E-state index >= 15 is 0 Å². The van der Waals surface area contributed by atoms with Crippen molar-refractivity contribution in [3.8, 4) is 0 Å². The number of H-pyrrole nitrogens is 1. The average Bonchev–Trinajstić information content (AvgIpc) is 2.70. The Morgan fingerprint density at radius 2 is 1.62 bits per heavy atom. The van der Waals surface area contributed by atoms with Gasteiger partial charge >= 0.3 is 6.03 Å². The minimum atomic E-state index is -0.130. The van der Waals surface area contributed by atoms with Crippen LogP contribution in [0.5, 0.6) is 0 Å². The molecule has 0 aliphatic carbocycles. The lowest BCUT2D eigenvalue weighted by molar-refractivity contribution is 0.200. The highest BCUT2D eigenvalue weighted by molar-refractivity contribution is 5.99. The molecule has 0 radical (unpaired) electrons. The zero-order chi connectivity index (χ0) is 17.9. The SMILES string of the molecule is O=C(N1CCc2c(nc[nH]c2=O)C1)N(c1ccccc1)c1ccccc1. The molecule has 0 atom stereocenters. The van der Waals surface area contributed by atoms with E-state index in [0.717, 1.165) is 11.4 Å². The van der Waals surface area contributed by atoms with Crippen molar-refractivity contribution in [2.24, 2.45) is 0 Å². The number of urea groups is 1. The maximum atomic E-state index is 13.3. The molecule has 2 heterocycles. The molecule has 6 nitrogen and oxygen atoms in total. The fourth-order valence-electron chi connectivity index (χ4n) is 3.19. The summed E-state index contributed by atoms with van der Waals surface area (Å²) in [6.45, 7) is 0.811. The minimum Gasteiger partial charge on any atom is -0.318 e. The molecule has 0 unspecified atom stereocenters. The van der Waals surface area contributed by atoms with Crippen molar-refractivity contribution in [3.05, 3.63) is 88.6 Å². The molecule has 3 aromatic rings. The third-order valence-corrected chi connectivity index (χ3v) is 4.50. The zero-order valence-electron chi connectivity index (χ0n) is 14.1. The Morgan fingerprint density at radius 1 is 1.00 bits per heavy atom. The van der Waals surface area contributed by atoms with Gasteiger partial charge in [0.25, 0.3) is 5.56 Å². The van der Waals surface area contributed by atoms with Crippen LogP contribution in [0.3, 0.4) is 0 Å². The summed E-state index contributed by atoms with van der Waals surface area (Å²) in [7, 11) is 0. The molecule has 0 saturated carbocycles. The molecule has 1 aliphatic rings. The number of anilines is 2. The molecule has 1 N–H and O–H groups in total. The maximum Gasteiger partial charge on any atom is 0.329 e. The molecule has 1 aliphatic heterocycles. The van der Waals surface area contributed by atoms with Crippen molar-refractivity contribution in [2.75, 3.05) is 11.4 Å². The lowest BCUT2D eigenvalue weighted by atomic mass is 10.1. The van der Waals surface area contributed by atoms with Crippen LogP contribution < -0.4 is 10.5 Å². The van der Waals surface area contributed by atoms with Crippen LogP contribution in [-0.4, -0.2) is 27.4 Å². The predicted molar refractivity (Wildman–Crippen MR) is 99.4 cm³/mol. The molecule has 0 fully saturated rings. The van der Waals surface area contributed by atoms with Crippen molar-refractivity contribution in [1.82, 2.24) is 14.9 Å². The number of carbonyl (C=O) groups excluding carboxylic acids is 1. The maximum absolute atomic E-state index is 13.3. The van der Waals surface area contributed by atoms with Gasteiger partial charge in [-0.15, -0.1) is 0 Å². The topological polar surface area (TPSA) is 69.3 Å². The van der Waals surface area contributed by atoms with E-state index in [4.69, 9.17) is 0 Å². The van der Waals surface area contributed by atoms with Crippen LogP contribution in [0, 0.1) is 0 Å². The van der Waals surface area contributed by atoms with Crippen molar-refractivity contribution >= 4 is 17.4 Å². The largest absolute Gasteiger partial charge is 0.329 e. The monoisotopic (exact) mass is 346 g/mol. The number of hydrogen-bond acceptors (Lipinski definition) is 3. The Bertz CT molecular complexity index is 930. The molecule has 26 heavy (non-hydrogen) atoms. The third-order valence-electron chi connectivity index (χ3n) is 4.50. The first-order chi connectivity index (χ1) is 12.7. The number of para-hydroxylation sites is 2. The van der Waals surface area contributed by atoms with E-state index in [1.54, 1.807) is 9.80 Å². The summed E-state index contributed by atoms with van der Waals surface area (Å²) in [5.41, 5.74) is 2.81. The van der Waals surface area contributed by atoms with Gasteiger partial charge in [-0.25, -0.2) is 9.78 Å². The van der Waals surface area contributed by atoms with Gasteiger partial charge in [0.05, 0.1) is 29.9 Å². The number of aromatic amines is 1. The molecule has 2 amide bonds. The highest BCUT2D eigenvalue weighted by Crippen LogP contribution is 2.27. The first-order valence-corrected chi connectivity index (χ1v) is 8.48. The fourth-order valence-corrected chi connectivity index (χ4v) is 3.19. The second-order valence-electron chi connectivity index (χ2n) is 6.12. The second kappa shape index (κ2) is 6.84. The molecule has 0 bridgehead atoms. The van der Waals surface area contributed by atoms with Crippen LogP contribution in [0.15, 0.2) is 71.8 Å². The predicted octanol–water partition coefficient (Wildman–Crippen LogP) is 3.09. The van der Waals surface area contributed by atoms with Gasteiger partial charge in [-0.05, 0) is 30.7 Å². The number of fused-ring (bicyclic) bond motifs is 1. The first kappa shape index (κ1) is 16.1. The Morgan fingerprint density at radius 3 is 2.23 bits per heavy atom. The quantitative estimate of drug-likeness (QED) is 0.775. The van der Waals surface area contributed by atoms with Crippen LogP contribution >= 0.6 is 0 Å². The van der Waals surface area contributed by atoms with E-state index in [1.807, 2.05) is 60.7 Å². The summed E-state index contributed by atoms with van der Waals surface area (Å²) in [6, 6.07) is 19.0. The van der Waals surface area contributed by atoms with E-state index in [2.05, 4.69) is 9.97 Å². The molecule has 6 heteroatoms. The van der Waals surface area contributed by atoms with E-state index < -0.39 is 0 Å². The van der Waals surface area contributed by atoms with Crippen molar-refractivity contribution in [1.29, 1.82) is 0 Å². The lowest BCUT2D eigenvalue weighted by Gasteiger charge is -2.33. The third kappa shape index (κ3) is 2.97. The Balaban J connectivity index is 1.69. The van der Waals surface area contributed by atoms with E-state index in [1.165, 1.54) is 6.33 Å². The second-order valence-corrected chi connectivity index (χ2v) is 6.12. The number of amides is 2. The number of nitrogens with one attached hydrogen (secondary N) is 1. The van der Waals surface area contributed by atoms with Gasteiger partial charge < -0.3 is 9.88 Å². The van der Waals surface area contributed by atoms with E-state index in [9.17, 15) is 9.59 Å². The van der Waals surface area contributed by atoms with Crippen LogP contribution in [0.1, 0.15) is 11.3 Å². The molecule has 130 valence electrons. The minimum absolute atomic E-state index is 0.120. The van der Waals surface area contributed by atoms with Gasteiger partial charge in [-0.3, -0.25) is 9.69 Å². The average molecular weight is 346 g/mol. The first-order valence-electron chi connectivity index (χ1n) is 8.48. The number of hydrogen-bond donors (Lipinski definition) is 1. The molecule has 4 rings (SSSR count). The van der Waals surface area contributed by atoms with Crippen LogP contribution in [0.4, 0.5) is 16.2 Å². The number of rotatable bonds is 2. The van der Waals surface area contributed by atoms with Gasteiger partial charge in [-0.1, -0.05) is 36.4 Å². The molecule has 2 aromatic carbocycles. The van der Waals surface area contributed by atoms with Crippen molar-refractivity contribution in [2.45, 2.75) is 13.0 Å². The van der Waals surface area contributed by atoms with Crippen LogP contribution in [0.2, 0.25) is 0 Å². The van der Waals surface area contributed by atoms with Crippen molar-refractivity contribution in [3.63, 3.8) is 0 Å². The fraction of sp³-hybridized carbons (Fsp3) is 0.150. The summed E-state index contributed by atoms with van der Waals surface area (Å²) >= 11 is 0. The summed E-state index contributed by atoms with van der Waals surface area (Å²) in [5.74, 6) is 0. The van der Waals surface area contributed by atoms with Gasteiger partial charge in [-0.2, -0.15) is 0 Å². The molecular formula is C20H18N4O2. The highest BCUT2D eigenvalue weighted by Gasteiger charge is 2.28. The lowest BCUT2D eigenvalue weighted by Crippen LogP contribution is -2.45. The highest BCUT2D eigenvalue weighted by atomic mass is 16.2. The molecular weight excluding hydrogens is 328 g/mol. The van der Waals surface area contributed by atoms with E-state index in [-0.39, 0.29) is 11.6 Å². The zero-order valence-corrected chi connectivity index (χ0v) is 14.1. The number of aromatic nitrogens is 2. The molecule has 0 saturated heterocycles. The summed E-state index contributed by atoms with van der Waals surface area (Å²) in [4.78, 5) is 35.5. The normalized spacial score (nSPS) is 13.2. The smallest absolute Gasteiger partial charge is 0.318 e. The van der Waals surface area contributed by atoms with E-state index in [0.29, 0.717) is 30.8 Å². The van der Waals surface area contributed by atoms with Crippen LogP contribution in [0.25, 0.3) is 0 Å². The summed E-state index contributed by atoms with van der Waals surface area (Å²) in [5, 5.41) is 0. The number of nitrogens with zero attached hydrogens (tertiary/aromatic N) is 3. The van der Waals surface area contributed by atoms with Crippen molar-refractivity contribution < 1.29 is 4.79 Å². The standard InChI is InChI=1S/C20H18N4O2/c25-19-17-11-12-23(13-18(17)21-14-22-19)20(26)24(15-7-3-1-4-8-15)16-9-5-2-6-10-16/h1-10,14H,11-13H2,(H,21,22,25). The Labute approximate surface area is 150 Å². The van der Waals surface area contributed by atoms with Gasteiger partial charge in [0.15, 0.2) is 0 Å². The number of carbonyl (C=O) groups is 1. The molecule has 0 spiro atoms. The molecule has 1 aromatic heterocycles. The summed E-state index contributed by atoms with van der Waals surface area (Å²) < 4.78 is 0. The Hall–Kier alpha value is -3.41. The van der Waals surface area contributed by atoms with Gasteiger partial charge in [0.2, 0.25) is 0 Å². The van der Waals surface area contributed by atoms with Crippen LogP contribution in [-0.2, 0) is 13.0 Å². The summed E-state index contributed by atoms with van der Waals surface area (Å²) in [6.07, 6.45) is 1.89. The number of benzene rings is 2. The van der Waals surface area contributed by atoms with Gasteiger partial charge in [0.1, 0.15) is 0 Å². The van der Waals surface area contributed by atoms with Gasteiger partial charge in [0, 0.05) is 12.1 Å².